The van der Waals surface area contributed by atoms with Gasteiger partial charge in [0.2, 0.25) is 0 Å². The van der Waals surface area contributed by atoms with Crippen molar-refractivity contribution in [3.05, 3.63) is 58.5 Å². The van der Waals surface area contributed by atoms with Crippen LogP contribution in [0.2, 0.25) is 0 Å². The first kappa shape index (κ1) is 23.1. The monoisotopic (exact) mass is 472 g/mol. The van der Waals surface area contributed by atoms with E-state index in [0.717, 1.165) is 61.0 Å². The zero-order valence-electron chi connectivity index (χ0n) is 19.4. The fraction of sp³-hybridized carbons (Fsp3) is 0.481. The summed E-state index contributed by atoms with van der Waals surface area (Å²) in [5, 5.41) is 2.32. The fourth-order valence-electron chi connectivity index (χ4n) is 5.37. The molecule has 2 fully saturated rings. The van der Waals surface area contributed by atoms with Gasteiger partial charge < -0.3 is 19.3 Å². The molecular formula is C27H31F3N2O2. The summed E-state index contributed by atoms with van der Waals surface area (Å²) in [5.41, 5.74) is 3.38. The highest BCUT2D eigenvalue weighted by Crippen LogP contribution is 2.29. The largest absolute Gasteiger partial charge is 0.573 e. The van der Waals surface area contributed by atoms with Crippen LogP contribution in [0.5, 0.6) is 11.5 Å². The van der Waals surface area contributed by atoms with Crippen molar-refractivity contribution in [1.82, 2.24) is 9.80 Å². The standard InChI is InChI=1S/C27H31F3N2O2/c28-27(29,30)34-21-9-7-20(8-10-21)25-19-32-16-4-6-26(32)24-18-22(11-12-23(24)25)33-17-5-15-31-13-2-1-3-14-31/h7-12,18H,1-6,13-17,19H2. The molecule has 0 saturated carbocycles. The van der Waals surface area contributed by atoms with Crippen LogP contribution in [0.25, 0.3) is 11.3 Å². The third-order valence-electron chi connectivity index (χ3n) is 6.97. The van der Waals surface area contributed by atoms with E-state index in [0.29, 0.717) is 6.61 Å². The minimum absolute atomic E-state index is 0.199. The first-order chi connectivity index (χ1) is 16.5. The summed E-state index contributed by atoms with van der Waals surface area (Å²) < 4.78 is 47.8. The lowest BCUT2D eigenvalue weighted by atomic mass is 9.97. The van der Waals surface area contributed by atoms with Gasteiger partial charge in [-0.25, -0.2) is 0 Å². The van der Waals surface area contributed by atoms with Crippen LogP contribution >= 0.6 is 0 Å². The average molecular weight is 473 g/mol. The summed E-state index contributed by atoms with van der Waals surface area (Å²) >= 11 is 0. The smallest absolute Gasteiger partial charge is 0.494 e. The van der Waals surface area contributed by atoms with Crippen LogP contribution < -0.4 is 19.9 Å². The quantitative estimate of drug-likeness (QED) is 0.563. The summed E-state index contributed by atoms with van der Waals surface area (Å²) in [6, 6.07) is 12.5. The average Bonchev–Trinajstić information content (AvgIpc) is 3.31. The Morgan fingerprint density at radius 2 is 1.59 bits per heavy atom. The van der Waals surface area contributed by atoms with Crippen LogP contribution in [0.1, 0.15) is 44.1 Å². The van der Waals surface area contributed by atoms with Crippen LogP contribution in [-0.4, -0.2) is 55.5 Å². The van der Waals surface area contributed by atoms with Gasteiger partial charge in [0.15, 0.2) is 0 Å². The van der Waals surface area contributed by atoms with Crippen LogP contribution in [0.4, 0.5) is 13.2 Å². The summed E-state index contributed by atoms with van der Waals surface area (Å²) in [5.74, 6) is 0.682. The third kappa shape index (κ3) is 5.35. The van der Waals surface area contributed by atoms with Crippen molar-refractivity contribution in [2.45, 2.75) is 44.9 Å². The summed E-state index contributed by atoms with van der Waals surface area (Å²) in [6.45, 7) is 5.95. The molecule has 0 amide bonds. The van der Waals surface area contributed by atoms with Gasteiger partial charge in [0.1, 0.15) is 11.5 Å². The fourth-order valence-corrected chi connectivity index (χ4v) is 5.37. The molecule has 0 bridgehead atoms. The molecule has 0 N–H and O–H groups in total. The second kappa shape index (κ2) is 9.90. The number of piperidine rings is 1. The van der Waals surface area contributed by atoms with E-state index in [1.165, 1.54) is 55.4 Å². The number of rotatable bonds is 7. The number of nitrogens with zero attached hydrogens (tertiary/aromatic N) is 2. The Balaban J connectivity index is 1.36. The van der Waals surface area contributed by atoms with E-state index in [2.05, 4.69) is 26.7 Å². The Morgan fingerprint density at radius 3 is 2.35 bits per heavy atom. The molecule has 182 valence electrons. The first-order valence-electron chi connectivity index (χ1n) is 12.3. The van der Waals surface area contributed by atoms with Crippen molar-refractivity contribution >= 4 is 11.3 Å². The lowest BCUT2D eigenvalue weighted by molar-refractivity contribution is -0.274. The lowest BCUT2D eigenvalue weighted by Crippen LogP contribution is -2.41. The second-order valence-corrected chi connectivity index (χ2v) is 9.33. The number of ether oxygens (including phenoxy) is 2. The molecule has 3 aliphatic rings. The van der Waals surface area contributed by atoms with Crippen molar-refractivity contribution in [1.29, 1.82) is 0 Å². The Hall–Kier alpha value is -2.67. The molecule has 2 saturated heterocycles. The number of benzene rings is 2. The molecule has 2 aromatic rings. The summed E-state index contributed by atoms with van der Waals surface area (Å²) in [4.78, 5) is 4.91. The molecule has 0 radical (unpaired) electrons. The molecule has 0 aromatic heterocycles. The molecular weight excluding hydrogens is 441 g/mol. The number of hydrogen-bond donors (Lipinski definition) is 0. The van der Waals surface area contributed by atoms with Gasteiger partial charge in [0, 0.05) is 30.5 Å². The molecule has 0 unspecified atom stereocenters. The van der Waals surface area contributed by atoms with Gasteiger partial charge in [0.05, 0.1) is 6.61 Å². The molecule has 0 atom stereocenters. The van der Waals surface area contributed by atoms with E-state index in [1.807, 2.05) is 6.07 Å². The number of alkyl halides is 3. The van der Waals surface area contributed by atoms with Gasteiger partial charge in [-0.2, -0.15) is 0 Å². The van der Waals surface area contributed by atoms with Crippen LogP contribution in [0, 0.1) is 0 Å². The highest BCUT2D eigenvalue weighted by atomic mass is 19.4. The predicted molar refractivity (Wildman–Crippen MR) is 126 cm³/mol. The Morgan fingerprint density at radius 1 is 0.824 bits per heavy atom. The van der Waals surface area contributed by atoms with Gasteiger partial charge in [-0.3, -0.25) is 0 Å². The number of halogens is 3. The van der Waals surface area contributed by atoms with E-state index in [-0.39, 0.29) is 5.75 Å². The summed E-state index contributed by atoms with van der Waals surface area (Å²) in [7, 11) is 0. The third-order valence-corrected chi connectivity index (χ3v) is 6.97. The molecule has 3 aliphatic heterocycles. The van der Waals surface area contributed by atoms with Gasteiger partial charge in [-0.1, -0.05) is 24.6 Å². The van der Waals surface area contributed by atoms with E-state index in [4.69, 9.17) is 4.74 Å². The van der Waals surface area contributed by atoms with Crippen LogP contribution in [-0.2, 0) is 0 Å². The van der Waals surface area contributed by atoms with Gasteiger partial charge in [-0.05, 0) is 85.8 Å². The van der Waals surface area contributed by atoms with E-state index in [9.17, 15) is 13.2 Å². The minimum Gasteiger partial charge on any atom is -0.494 e. The number of hydrogen-bond acceptors (Lipinski definition) is 4. The van der Waals surface area contributed by atoms with Crippen molar-refractivity contribution in [2.24, 2.45) is 0 Å². The van der Waals surface area contributed by atoms with Gasteiger partial charge in [-0.15, -0.1) is 13.2 Å². The second-order valence-electron chi connectivity index (χ2n) is 9.33. The van der Waals surface area contributed by atoms with Crippen LogP contribution in [0.15, 0.2) is 42.5 Å². The van der Waals surface area contributed by atoms with Gasteiger partial charge in [0.25, 0.3) is 0 Å². The highest BCUT2D eigenvalue weighted by molar-refractivity contribution is 5.72. The normalized spacial score (nSPS) is 18.6. The topological polar surface area (TPSA) is 24.9 Å². The van der Waals surface area contributed by atoms with Crippen molar-refractivity contribution in [3.63, 3.8) is 0 Å². The molecule has 7 heteroatoms. The highest BCUT2D eigenvalue weighted by Gasteiger charge is 2.31. The molecule has 0 spiro atoms. The van der Waals surface area contributed by atoms with Crippen LogP contribution in [0.3, 0.4) is 0 Å². The van der Waals surface area contributed by atoms with E-state index < -0.39 is 6.36 Å². The number of likely N-dealkylation sites (tertiary alicyclic amines) is 1. The Labute approximate surface area is 198 Å². The van der Waals surface area contributed by atoms with Crippen molar-refractivity contribution in [2.75, 3.05) is 39.3 Å². The lowest BCUT2D eigenvalue weighted by Gasteiger charge is -2.27. The SMILES string of the molecule is FC(F)(F)Oc1ccc(C2=c3ccc(OCCCN4CCCCC4)cc3=C3CCCN3C2)cc1. The van der Waals surface area contributed by atoms with Gasteiger partial charge >= 0.3 is 6.36 Å². The predicted octanol–water partition coefficient (Wildman–Crippen LogP) is 4.26. The minimum atomic E-state index is -4.68. The molecule has 34 heavy (non-hydrogen) atoms. The molecule has 0 aliphatic carbocycles. The molecule has 5 rings (SSSR count). The maximum atomic E-state index is 12.5. The number of fused-ring (bicyclic) bond motifs is 2. The molecule has 4 nitrogen and oxygen atoms in total. The zero-order chi connectivity index (χ0) is 23.5. The molecule has 3 heterocycles. The maximum Gasteiger partial charge on any atom is 0.573 e. The Bertz CT molecular complexity index is 1120. The van der Waals surface area contributed by atoms with E-state index >= 15 is 0 Å². The maximum absolute atomic E-state index is 12.5. The first-order valence-corrected chi connectivity index (χ1v) is 12.3. The Kier molecular flexibility index (Phi) is 6.73. The zero-order valence-corrected chi connectivity index (χ0v) is 19.4. The summed E-state index contributed by atoms with van der Waals surface area (Å²) in [6.07, 6.45) is 2.44. The van der Waals surface area contributed by atoms with Crippen molar-refractivity contribution in [3.8, 4) is 11.5 Å². The van der Waals surface area contributed by atoms with E-state index in [1.54, 1.807) is 12.1 Å². The van der Waals surface area contributed by atoms with Crippen molar-refractivity contribution < 1.29 is 22.6 Å². The molecule has 2 aromatic carbocycles.